The first kappa shape index (κ1) is 21.4. The van der Waals surface area contributed by atoms with Gasteiger partial charge in [-0.3, -0.25) is 0 Å². The molecule has 0 aromatic heterocycles. The van der Waals surface area contributed by atoms with Gasteiger partial charge in [0.25, 0.3) is 0 Å². The number of aromatic hydroxyl groups is 1. The monoisotopic (exact) mass is 406 g/mol. The first-order valence-corrected chi connectivity index (χ1v) is 11.8. The largest absolute Gasteiger partial charge is 0.507 e. The summed E-state index contributed by atoms with van der Waals surface area (Å²) < 4.78 is 14.8. The van der Waals surface area contributed by atoms with Crippen LogP contribution in [-0.4, -0.2) is 5.11 Å². The van der Waals surface area contributed by atoms with Crippen LogP contribution in [0.3, 0.4) is 0 Å². The quantitative estimate of drug-likeness (QED) is 0.573. The molecule has 152 valence electrons. The number of hydrogen-bond acceptors (Lipinski definition) is 2. The molecule has 0 fully saturated rings. The minimum atomic E-state index is -3.26. The molecule has 3 heteroatoms. The van der Waals surface area contributed by atoms with Crippen LogP contribution in [0.5, 0.6) is 5.75 Å². The molecule has 3 rings (SSSR count). The Morgan fingerprint density at radius 3 is 1.52 bits per heavy atom. The molecule has 0 spiro atoms. The van der Waals surface area contributed by atoms with Crippen LogP contribution in [0, 0.1) is 0 Å². The molecule has 0 heterocycles. The number of hydrogen-bond donors (Lipinski definition) is 1. The molecule has 29 heavy (non-hydrogen) atoms. The second-order valence-electron chi connectivity index (χ2n) is 9.67. The van der Waals surface area contributed by atoms with Gasteiger partial charge in [-0.2, -0.15) is 0 Å². The second-order valence-corrected chi connectivity index (χ2v) is 12.4. The molecule has 0 amide bonds. The third-order valence-electron chi connectivity index (χ3n) is 5.34. The predicted molar refractivity (Wildman–Crippen MR) is 125 cm³/mol. The predicted octanol–water partition coefficient (Wildman–Crippen LogP) is 5.63. The van der Waals surface area contributed by atoms with E-state index < -0.39 is 7.14 Å². The summed E-state index contributed by atoms with van der Waals surface area (Å²) in [6.07, 6.45) is 0. The van der Waals surface area contributed by atoms with Gasteiger partial charge in [-0.05, 0) is 22.5 Å². The van der Waals surface area contributed by atoms with Gasteiger partial charge < -0.3 is 9.67 Å². The van der Waals surface area contributed by atoms with E-state index in [2.05, 4.69) is 47.6 Å². The van der Waals surface area contributed by atoms with Crippen molar-refractivity contribution < 1.29 is 9.67 Å². The number of phenolic OH excluding ortho intramolecular Hbond substituents is 1. The number of benzene rings is 3. The van der Waals surface area contributed by atoms with Crippen molar-refractivity contribution in [3.63, 3.8) is 0 Å². The van der Waals surface area contributed by atoms with Gasteiger partial charge in [0.1, 0.15) is 5.75 Å². The molecule has 0 radical (unpaired) electrons. The molecule has 0 aliphatic rings. The molecule has 0 saturated carbocycles. The van der Waals surface area contributed by atoms with E-state index in [1.165, 1.54) is 0 Å². The van der Waals surface area contributed by atoms with Crippen molar-refractivity contribution in [3.8, 4) is 5.75 Å². The average molecular weight is 407 g/mol. The van der Waals surface area contributed by atoms with Crippen molar-refractivity contribution >= 4 is 23.1 Å². The van der Waals surface area contributed by atoms with Crippen LogP contribution >= 0.6 is 7.14 Å². The van der Waals surface area contributed by atoms with Crippen LogP contribution in [0.2, 0.25) is 0 Å². The zero-order valence-electron chi connectivity index (χ0n) is 18.2. The highest BCUT2D eigenvalue weighted by molar-refractivity contribution is 7.85. The van der Waals surface area contributed by atoms with E-state index in [4.69, 9.17) is 0 Å². The molecule has 3 aromatic carbocycles. The highest BCUT2D eigenvalue weighted by atomic mass is 31.2. The Morgan fingerprint density at radius 2 is 1.14 bits per heavy atom. The summed E-state index contributed by atoms with van der Waals surface area (Å²) in [5.41, 5.74) is 1.48. The summed E-state index contributed by atoms with van der Waals surface area (Å²) in [6.45, 7) is 12.7. The van der Waals surface area contributed by atoms with Crippen LogP contribution in [0.15, 0.2) is 72.8 Å². The van der Waals surface area contributed by atoms with E-state index in [9.17, 15) is 9.67 Å². The SMILES string of the molecule is CC(C)(C)c1cc(C(C)(C)C)c(O)c(P(=O)(c2ccccc2)c2ccccc2)c1. The lowest BCUT2D eigenvalue weighted by Crippen LogP contribution is -2.29. The Labute approximate surface area is 175 Å². The van der Waals surface area contributed by atoms with Crippen LogP contribution < -0.4 is 15.9 Å². The molecule has 0 unspecified atom stereocenters. The van der Waals surface area contributed by atoms with E-state index in [0.29, 0.717) is 5.30 Å². The van der Waals surface area contributed by atoms with E-state index in [0.717, 1.165) is 21.7 Å². The lowest BCUT2D eigenvalue weighted by atomic mass is 9.80. The molecule has 0 aliphatic heterocycles. The molecule has 0 saturated heterocycles. The smallest absolute Gasteiger partial charge is 0.174 e. The molecule has 0 bridgehead atoms. The second kappa shape index (κ2) is 7.50. The van der Waals surface area contributed by atoms with E-state index in [1.54, 1.807) is 0 Å². The van der Waals surface area contributed by atoms with Gasteiger partial charge in [-0.25, -0.2) is 0 Å². The van der Waals surface area contributed by atoms with Crippen LogP contribution in [0.25, 0.3) is 0 Å². The molecule has 0 aliphatic carbocycles. The maximum absolute atomic E-state index is 14.8. The third kappa shape index (κ3) is 4.05. The molecule has 0 atom stereocenters. The number of rotatable bonds is 3. The van der Waals surface area contributed by atoms with E-state index in [-0.39, 0.29) is 16.6 Å². The zero-order valence-corrected chi connectivity index (χ0v) is 19.1. The minimum absolute atomic E-state index is 0.138. The number of phenols is 1. The molecular weight excluding hydrogens is 375 g/mol. The molecule has 2 nitrogen and oxygen atoms in total. The van der Waals surface area contributed by atoms with Gasteiger partial charge in [0, 0.05) is 16.2 Å². The lowest BCUT2D eigenvalue weighted by Gasteiger charge is -2.30. The first-order valence-electron chi connectivity index (χ1n) is 10.1. The van der Waals surface area contributed by atoms with Gasteiger partial charge in [0.15, 0.2) is 7.14 Å². The summed E-state index contributed by atoms with van der Waals surface area (Å²) in [5.74, 6) is 0.140. The Morgan fingerprint density at radius 1 is 0.690 bits per heavy atom. The molecular formula is C26H31O2P. The fraction of sp³-hybridized carbons (Fsp3) is 0.308. The van der Waals surface area contributed by atoms with Crippen LogP contribution in [-0.2, 0) is 15.4 Å². The maximum atomic E-state index is 14.8. The summed E-state index contributed by atoms with van der Waals surface area (Å²) in [5, 5.41) is 13.4. The van der Waals surface area contributed by atoms with Gasteiger partial charge in [-0.15, -0.1) is 0 Å². The summed E-state index contributed by atoms with van der Waals surface area (Å²) in [6, 6.07) is 23.1. The Balaban J connectivity index is 2.45. The van der Waals surface area contributed by atoms with E-state index >= 15 is 0 Å². The summed E-state index contributed by atoms with van der Waals surface area (Å²) in [4.78, 5) is 0. The van der Waals surface area contributed by atoms with Gasteiger partial charge in [0.05, 0.1) is 5.30 Å². The van der Waals surface area contributed by atoms with Crippen molar-refractivity contribution in [2.24, 2.45) is 0 Å². The first-order chi connectivity index (χ1) is 13.5. The highest BCUT2D eigenvalue weighted by Crippen LogP contribution is 2.48. The maximum Gasteiger partial charge on any atom is 0.174 e. The molecule has 3 aromatic rings. The Bertz CT molecular complexity index is 996. The fourth-order valence-corrected chi connectivity index (χ4v) is 6.35. The van der Waals surface area contributed by atoms with Gasteiger partial charge in [-0.1, -0.05) is 108 Å². The Hall–Kier alpha value is -2.31. The topological polar surface area (TPSA) is 37.3 Å². The zero-order chi connectivity index (χ0) is 21.4. The van der Waals surface area contributed by atoms with E-state index in [1.807, 2.05) is 66.7 Å². The van der Waals surface area contributed by atoms with Crippen LogP contribution in [0.4, 0.5) is 0 Å². The fourth-order valence-electron chi connectivity index (χ4n) is 3.57. The van der Waals surface area contributed by atoms with Crippen molar-refractivity contribution in [2.45, 2.75) is 52.4 Å². The Kier molecular flexibility index (Phi) is 5.54. The van der Waals surface area contributed by atoms with Gasteiger partial charge >= 0.3 is 0 Å². The minimum Gasteiger partial charge on any atom is -0.507 e. The van der Waals surface area contributed by atoms with Crippen molar-refractivity contribution in [3.05, 3.63) is 83.9 Å². The van der Waals surface area contributed by atoms with Crippen molar-refractivity contribution in [1.82, 2.24) is 0 Å². The highest BCUT2D eigenvalue weighted by Gasteiger charge is 2.36. The average Bonchev–Trinajstić information content (AvgIpc) is 2.67. The standard InChI is InChI=1S/C26H31O2P/c1-25(2,3)19-17-22(26(4,5)6)24(27)23(18-19)29(28,20-13-9-7-10-14-20)21-15-11-8-12-16-21/h7-18,27H,1-6H3. The summed E-state index contributed by atoms with van der Waals surface area (Å²) >= 11 is 0. The summed E-state index contributed by atoms with van der Waals surface area (Å²) in [7, 11) is -3.26. The van der Waals surface area contributed by atoms with Gasteiger partial charge in [0.2, 0.25) is 0 Å². The normalized spacial score (nSPS) is 12.8. The lowest BCUT2D eigenvalue weighted by molar-refractivity contribution is 0.448. The third-order valence-corrected chi connectivity index (χ3v) is 8.41. The van der Waals surface area contributed by atoms with Crippen molar-refractivity contribution in [1.29, 1.82) is 0 Å². The van der Waals surface area contributed by atoms with Crippen molar-refractivity contribution in [2.75, 3.05) is 0 Å². The molecule has 1 N–H and O–H groups in total. The van der Waals surface area contributed by atoms with Crippen LogP contribution in [0.1, 0.15) is 52.7 Å².